The SMILES string of the molecule is CCc1ccc(-n2c(C(CC)N(CC(C)C)C(=O)C(C)C)nc3ccccc3c2=O)cc1. The molecule has 5 heteroatoms. The fourth-order valence-corrected chi connectivity index (χ4v) is 4.14. The fraction of sp³-hybridized carbons (Fsp3) is 0.444. The Bertz CT molecular complexity index is 1130. The molecule has 1 unspecified atom stereocenters. The van der Waals surface area contributed by atoms with E-state index in [9.17, 15) is 9.59 Å². The molecule has 0 radical (unpaired) electrons. The summed E-state index contributed by atoms with van der Waals surface area (Å²) in [7, 11) is 0. The molecule has 0 aliphatic carbocycles. The number of nitrogens with zero attached hydrogens (tertiary/aromatic N) is 3. The molecule has 0 spiro atoms. The summed E-state index contributed by atoms with van der Waals surface area (Å²) < 4.78 is 1.71. The molecule has 0 bridgehead atoms. The molecule has 0 N–H and O–H groups in total. The quantitative estimate of drug-likeness (QED) is 0.469. The number of para-hydroxylation sites is 1. The molecule has 3 rings (SSSR count). The lowest BCUT2D eigenvalue weighted by atomic mass is 10.0. The highest BCUT2D eigenvalue weighted by Crippen LogP contribution is 2.28. The van der Waals surface area contributed by atoms with Crippen molar-refractivity contribution in [2.45, 2.75) is 60.4 Å². The van der Waals surface area contributed by atoms with Gasteiger partial charge in [-0.05, 0) is 48.6 Å². The monoisotopic (exact) mass is 433 g/mol. The Hall–Kier alpha value is -2.95. The Labute approximate surface area is 191 Å². The van der Waals surface area contributed by atoms with Gasteiger partial charge in [-0.15, -0.1) is 0 Å². The van der Waals surface area contributed by atoms with Gasteiger partial charge in [-0.25, -0.2) is 4.98 Å². The van der Waals surface area contributed by atoms with Crippen LogP contribution in [-0.2, 0) is 11.2 Å². The van der Waals surface area contributed by atoms with E-state index in [2.05, 4.69) is 27.7 Å². The van der Waals surface area contributed by atoms with Crippen LogP contribution in [0.15, 0.2) is 53.3 Å². The second-order valence-electron chi connectivity index (χ2n) is 9.11. The summed E-state index contributed by atoms with van der Waals surface area (Å²) in [6.07, 6.45) is 1.60. The van der Waals surface area contributed by atoms with Crippen molar-refractivity contribution < 1.29 is 4.79 Å². The van der Waals surface area contributed by atoms with Crippen LogP contribution in [0.5, 0.6) is 0 Å². The smallest absolute Gasteiger partial charge is 0.266 e. The van der Waals surface area contributed by atoms with Gasteiger partial charge in [0.25, 0.3) is 5.56 Å². The third-order valence-electron chi connectivity index (χ3n) is 5.80. The van der Waals surface area contributed by atoms with Gasteiger partial charge in [0.05, 0.1) is 22.6 Å². The minimum atomic E-state index is -0.296. The largest absolute Gasteiger partial charge is 0.332 e. The van der Waals surface area contributed by atoms with E-state index in [0.717, 1.165) is 12.1 Å². The van der Waals surface area contributed by atoms with Gasteiger partial charge in [0.2, 0.25) is 5.91 Å². The summed E-state index contributed by atoms with van der Waals surface area (Å²) in [6, 6.07) is 15.2. The molecule has 1 aromatic heterocycles. The number of hydrogen-bond donors (Lipinski definition) is 0. The van der Waals surface area contributed by atoms with Gasteiger partial charge in [0.15, 0.2) is 0 Å². The molecular formula is C27H35N3O2. The van der Waals surface area contributed by atoms with E-state index in [0.29, 0.717) is 35.6 Å². The Kier molecular flexibility index (Phi) is 7.49. The highest BCUT2D eigenvalue weighted by atomic mass is 16.2. The molecule has 1 amide bonds. The Morgan fingerprint density at radius 2 is 1.66 bits per heavy atom. The maximum absolute atomic E-state index is 13.7. The zero-order valence-electron chi connectivity index (χ0n) is 20.1. The third-order valence-corrected chi connectivity index (χ3v) is 5.80. The molecule has 0 aliphatic rings. The molecule has 2 aromatic carbocycles. The minimum Gasteiger partial charge on any atom is -0.332 e. The molecule has 170 valence electrons. The van der Waals surface area contributed by atoms with Crippen LogP contribution in [0.1, 0.15) is 65.4 Å². The van der Waals surface area contributed by atoms with Gasteiger partial charge in [-0.2, -0.15) is 0 Å². The number of fused-ring (bicyclic) bond motifs is 1. The summed E-state index contributed by atoms with van der Waals surface area (Å²) >= 11 is 0. The first kappa shape index (κ1) is 23.7. The first-order chi connectivity index (χ1) is 15.3. The lowest BCUT2D eigenvalue weighted by Gasteiger charge is -2.34. The van der Waals surface area contributed by atoms with Crippen LogP contribution < -0.4 is 5.56 Å². The number of amides is 1. The van der Waals surface area contributed by atoms with Crippen LogP contribution in [0.2, 0.25) is 0 Å². The molecule has 0 saturated heterocycles. The molecule has 1 heterocycles. The maximum atomic E-state index is 13.7. The number of rotatable bonds is 8. The number of hydrogen-bond acceptors (Lipinski definition) is 3. The van der Waals surface area contributed by atoms with Crippen LogP contribution in [0, 0.1) is 11.8 Å². The van der Waals surface area contributed by atoms with Crippen LogP contribution >= 0.6 is 0 Å². The van der Waals surface area contributed by atoms with Crippen molar-refractivity contribution in [2.75, 3.05) is 6.54 Å². The summed E-state index contributed by atoms with van der Waals surface area (Å²) in [6.45, 7) is 12.8. The van der Waals surface area contributed by atoms with Crippen molar-refractivity contribution in [3.63, 3.8) is 0 Å². The normalized spacial score (nSPS) is 12.5. The molecule has 0 fully saturated rings. The first-order valence-corrected chi connectivity index (χ1v) is 11.7. The second kappa shape index (κ2) is 10.1. The van der Waals surface area contributed by atoms with Crippen LogP contribution in [0.25, 0.3) is 16.6 Å². The fourth-order valence-electron chi connectivity index (χ4n) is 4.14. The second-order valence-corrected chi connectivity index (χ2v) is 9.11. The van der Waals surface area contributed by atoms with Gasteiger partial charge >= 0.3 is 0 Å². The minimum absolute atomic E-state index is 0.0841. The predicted octanol–water partition coefficient (Wildman–Crippen LogP) is 5.54. The van der Waals surface area contributed by atoms with Crippen molar-refractivity contribution in [3.05, 3.63) is 70.3 Å². The molecule has 32 heavy (non-hydrogen) atoms. The molecule has 5 nitrogen and oxygen atoms in total. The summed E-state index contributed by atoms with van der Waals surface area (Å²) in [5, 5.41) is 0.580. The molecule has 0 aliphatic heterocycles. The summed E-state index contributed by atoms with van der Waals surface area (Å²) in [5.74, 6) is 0.874. The van der Waals surface area contributed by atoms with E-state index in [4.69, 9.17) is 4.98 Å². The lowest BCUT2D eigenvalue weighted by molar-refractivity contribution is -0.138. The molecule has 1 atom stereocenters. The van der Waals surface area contributed by atoms with Gasteiger partial charge in [0.1, 0.15) is 5.82 Å². The van der Waals surface area contributed by atoms with E-state index in [1.165, 1.54) is 5.56 Å². The van der Waals surface area contributed by atoms with Crippen molar-refractivity contribution >= 4 is 16.8 Å². The van der Waals surface area contributed by atoms with Crippen LogP contribution in [-0.4, -0.2) is 26.9 Å². The predicted molar refractivity (Wildman–Crippen MR) is 131 cm³/mol. The van der Waals surface area contributed by atoms with Crippen molar-refractivity contribution in [1.29, 1.82) is 0 Å². The third kappa shape index (κ3) is 4.77. The molecule has 3 aromatic rings. The van der Waals surface area contributed by atoms with E-state index in [1.807, 2.05) is 67.3 Å². The van der Waals surface area contributed by atoms with Crippen molar-refractivity contribution in [2.24, 2.45) is 11.8 Å². The van der Waals surface area contributed by atoms with Gasteiger partial charge in [-0.3, -0.25) is 14.2 Å². The van der Waals surface area contributed by atoms with Gasteiger partial charge in [0, 0.05) is 12.5 Å². The van der Waals surface area contributed by atoms with E-state index >= 15 is 0 Å². The highest BCUT2D eigenvalue weighted by molar-refractivity contribution is 5.80. The van der Waals surface area contributed by atoms with Gasteiger partial charge < -0.3 is 4.90 Å². The Balaban J connectivity index is 2.30. The number of benzene rings is 2. The number of carbonyl (C=O) groups is 1. The standard InChI is InChI=1S/C27H35N3O2/c1-7-20-13-15-21(16-14-20)30-25(28-23-12-10-9-11-22(23)27(30)32)24(8-2)29(17-18(3)4)26(31)19(5)6/h9-16,18-19,24H,7-8,17H2,1-6H3. The van der Waals surface area contributed by atoms with E-state index in [1.54, 1.807) is 4.57 Å². The number of aryl methyl sites for hydroxylation is 1. The first-order valence-electron chi connectivity index (χ1n) is 11.7. The lowest BCUT2D eigenvalue weighted by Crippen LogP contribution is -2.42. The average molecular weight is 434 g/mol. The van der Waals surface area contributed by atoms with Crippen LogP contribution in [0.4, 0.5) is 0 Å². The van der Waals surface area contributed by atoms with E-state index in [-0.39, 0.29) is 23.4 Å². The molecular weight excluding hydrogens is 398 g/mol. The Morgan fingerprint density at radius 3 is 2.22 bits per heavy atom. The van der Waals surface area contributed by atoms with Crippen molar-refractivity contribution in [3.8, 4) is 5.69 Å². The maximum Gasteiger partial charge on any atom is 0.266 e. The highest BCUT2D eigenvalue weighted by Gasteiger charge is 2.30. The zero-order valence-corrected chi connectivity index (χ0v) is 20.1. The van der Waals surface area contributed by atoms with E-state index < -0.39 is 0 Å². The summed E-state index contributed by atoms with van der Waals surface area (Å²) in [5.41, 5.74) is 2.55. The Morgan fingerprint density at radius 1 is 1.00 bits per heavy atom. The van der Waals surface area contributed by atoms with Crippen molar-refractivity contribution in [1.82, 2.24) is 14.5 Å². The zero-order chi connectivity index (χ0) is 23.4. The van der Waals surface area contributed by atoms with Crippen LogP contribution in [0.3, 0.4) is 0 Å². The molecule has 0 saturated carbocycles. The summed E-state index contributed by atoms with van der Waals surface area (Å²) in [4.78, 5) is 33.8. The average Bonchev–Trinajstić information content (AvgIpc) is 2.78. The number of carbonyl (C=O) groups excluding carboxylic acids is 1. The van der Waals surface area contributed by atoms with Gasteiger partial charge in [-0.1, -0.05) is 65.8 Å². The number of aromatic nitrogens is 2. The topological polar surface area (TPSA) is 55.2 Å².